The summed E-state index contributed by atoms with van der Waals surface area (Å²) in [5, 5.41) is 80.4. The van der Waals surface area contributed by atoms with E-state index in [9.17, 15) is 4.79 Å². The second kappa shape index (κ2) is 8.29. The van der Waals surface area contributed by atoms with Crippen molar-refractivity contribution in [1.29, 1.82) is 0 Å². The van der Waals surface area contributed by atoms with Crippen LogP contribution in [0, 0.1) is 0 Å². The number of carbonyl (C=O) groups is 2. The molecule has 35 rings (SSSR count). The fraction of sp³-hybridized carbons (Fsp3) is 0.0759. The molecule has 362 valence electrons. The van der Waals surface area contributed by atoms with Crippen LogP contribution in [0.5, 0.6) is 0 Å². The number of esters is 2. The molecule has 5 aliphatic rings. The highest BCUT2D eigenvalue weighted by atomic mass is 16.6. The molecule has 84 heavy (non-hydrogen) atoms. The lowest BCUT2D eigenvalue weighted by Crippen LogP contribution is -2.37. The Bertz CT molecular complexity index is 7580. The zero-order valence-corrected chi connectivity index (χ0v) is 43.3. The van der Waals surface area contributed by atoms with Gasteiger partial charge in [0, 0.05) is 11.1 Å². The highest BCUT2D eigenvalue weighted by Gasteiger charge is 2.99. The van der Waals surface area contributed by atoms with Crippen molar-refractivity contribution in [3.05, 3.63) is 94.0 Å². The standard InChI is InChI=1S/C79H17NO4/c1-2-83-16(81)13-84-76(82)79(80-75(14-9-5-3-6-10-14)15-11-7-4-8-12-15)77-71-63-55-45-35-27-19-17-18-21-25-23(19)31-39-33(25)43-37-29(21)30-22(18)26-24-20(17)28(27)36-42-32(24)40-34(26)44-38(30)48-47(37)57-51(43)61-53(39)59(49(55)41(31)35)67(71)69(61)73-65(57)66-58(48)52(44)62-54(40)60-50(42)56(46(36)45)64(63)72(77)68(60)70(62)74(66)78(73,77)79/h3-12H,2,13H2,1H3. The number of benzene rings is 20. The SMILES string of the molecule is CCOC(=O)COC(=O)C1(N=C(c2ccccc2)c2ccccc2)C23c4c5c6c7c8c9c(c%10c%11c2c2c4c4c%12c5c5c6c6c8c8c%13c9c9c%10c%10c%11c%11c2c2c4c4c%12c%12c5c5c6c8c6c8c%13c9c9c%10c%10c%11c2c2c4c4c%12c5c6c5c8c9c%10c2c45)C713. The lowest BCUT2D eigenvalue weighted by atomic mass is 9.68. The first-order chi connectivity index (χ1) is 41.7. The maximum atomic E-state index is 17.8. The Morgan fingerprint density at radius 2 is 0.500 bits per heavy atom. The summed E-state index contributed by atoms with van der Waals surface area (Å²) in [4.78, 5) is 38.5. The molecule has 0 atom stereocenters. The minimum atomic E-state index is -1.61. The van der Waals surface area contributed by atoms with E-state index >= 15 is 4.79 Å². The smallest absolute Gasteiger partial charge is 0.344 e. The average Bonchev–Trinajstić information content (AvgIpc) is 1.36. The zero-order valence-electron chi connectivity index (χ0n) is 43.3. The maximum Gasteiger partial charge on any atom is 0.344 e. The average molecular weight is 1040 g/mol. The van der Waals surface area contributed by atoms with Gasteiger partial charge in [0.1, 0.15) is 0 Å². The summed E-state index contributed by atoms with van der Waals surface area (Å²) in [6.45, 7) is 1.54. The normalized spacial score (nSPS) is 22.0. The minimum absolute atomic E-state index is 0.196. The Morgan fingerprint density at radius 3 is 0.702 bits per heavy atom. The first-order valence-electron chi connectivity index (χ1n) is 30.5. The van der Waals surface area contributed by atoms with Gasteiger partial charge in [0.15, 0.2) is 12.1 Å². The second-order valence-electron chi connectivity index (χ2n) is 28.5. The van der Waals surface area contributed by atoms with E-state index in [0.717, 1.165) is 16.8 Å². The van der Waals surface area contributed by atoms with Gasteiger partial charge in [-0.15, -0.1) is 0 Å². The highest BCUT2D eigenvalue weighted by molar-refractivity contribution is 6.82. The molecule has 2 spiro atoms. The summed E-state index contributed by atoms with van der Waals surface area (Å²) in [6, 6.07) is 21.3. The third-order valence-corrected chi connectivity index (χ3v) is 27.6. The van der Waals surface area contributed by atoms with Gasteiger partial charge in [-0.25, -0.2) is 9.59 Å². The largest absolute Gasteiger partial charge is 0.463 e. The number of ether oxygens (including phenoxy) is 2. The van der Waals surface area contributed by atoms with Crippen LogP contribution in [-0.4, -0.2) is 36.4 Å². The summed E-state index contributed by atoms with van der Waals surface area (Å²) in [7, 11) is 0. The molecule has 1 fully saturated rings. The number of rotatable bonds is 7. The van der Waals surface area contributed by atoms with Crippen LogP contribution in [0.4, 0.5) is 0 Å². The van der Waals surface area contributed by atoms with Gasteiger partial charge in [-0.05, 0) is 320 Å². The van der Waals surface area contributed by atoms with E-state index in [-0.39, 0.29) is 6.61 Å². The van der Waals surface area contributed by atoms with Crippen molar-refractivity contribution in [1.82, 2.24) is 0 Å². The Morgan fingerprint density at radius 1 is 0.298 bits per heavy atom. The number of hydrogen-bond donors (Lipinski definition) is 0. The van der Waals surface area contributed by atoms with Crippen molar-refractivity contribution in [3.8, 4) is 0 Å². The van der Waals surface area contributed by atoms with Gasteiger partial charge >= 0.3 is 11.9 Å². The maximum absolute atomic E-state index is 17.8. The van der Waals surface area contributed by atoms with Gasteiger partial charge in [-0.3, -0.25) is 4.99 Å². The van der Waals surface area contributed by atoms with Crippen molar-refractivity contribution in [2.45, 2.75) is 23.3 Å². The van der Waals surface area contributed by atoms with Gasteiger partial charge in [0.25, 0.3) is 0 Å². The van der Waals surface area contributed by atoms with Crippen LogP contribution in [0.2, 0.25) is 0 Å². The van der Waals surface area contributed by atoms with E-state index in [1.165, 1.54) is 259 Å². The molecule has 30 aromatic rings. The molecular formula is C79H17NO4. The van der Waals surface area contributed by atoms with Gasteiger partial charge in [-0.1, -0.05) is 60.7 Å². The third-order valence-electron chi connectivity index (χ3n) is 27.6. The fourth-order valence-corrected chi connectivity index (χ4v) is 27.1. The molecular weight excluding hydrogens is 1030 g/mol. The van der Waals surface area contributed by atoms with E-state index < -0.39 is 34.9 Å². The van der Waals surface area contributed by atoms with Crippen molar-refractivity contribution in [3.63, 3.8) is 0 Å². The second-order valence-corrected chi connectivity index (χ2v) is 28.5. The molecule has 30 aromatic carbocycles. The monoisotopic (exact) mass is 1040 g/mol. The molecule has 5 heteroatoms. The van der Waals surface area contributed by atoms with Crippen LogP contribution >= 0.6 is 0 Å². The minimum Gasteiger partial charge on any atom is -0.463 e. The van der Waals surface area contributed by atoms with E-state index in [1.54, 1.807) is 53.9 Å². The van der Waals surface area contributed by atoms with E-state index in [4.69, 9.17) is 14.5 Å². The number of nitrogens with zero attached hydrogens (tertiary/aromatic N) is 1. The quantitative estimate of drug-likeness (QED) is 0.0906. The van der Waals surface area contributed by atoms with Crippen molar-refractivity contribution in [2.24, 2.45) is 4.99 Å². The third kappa shape index (κ3) is 2.00. The van der Waals surface area contributed by atoms with Gasteiger partial charge in [-0.2, -0.15) is 0 Å². The topological polar surface area (TPSA) is 65.0 Å². The molecule has 0 saturated heterocycles. The van der Waals surface area contributed by atoms with Crippen molar-refractivity contribution >= 4 is 309 Å². The van der Waals surface area contributed by atoms with Crippen molar-refractivity contribution < 1.29 is 19.1 Å². The van der Waals surface area contributed by atoms with E-state index in [2.05, 4.69) is 60.7 Å². The Hall–Kier alpha value is -10.5. The molecule has 0 aromatic heterocycles. The van der Waals surface area contributed by atoms with Gasteiger partial charge in [0.05, 0.1) is 23.1 Å². The molecule has 0 heterocycles. The van der Waals surface area contributed by atoms with E-state index in [0.29, 0.717) is 0 Å². The van der Waals surface area contributed by atoms with E-state index in [1.807, 2.05) is 6.92 Å². The molecule has 0 N–H and O–H groups in total. The van der Waals surface area contributed by atoms with Gasteiger partial charge in [0.2, 0.25) is 0 Å². The Balaban J connectivity index is 1.01. The summed E-state index contributed by atoms with van der Waals surface area (Å²) < 4.78 is 12.7. The Labute approximate surface area is 460 Å². The summed E-state index contributed by atoms with van der Waals surface area (Å²) in [6.07, 6.45) is 0. The number of carbonyl (C=O) groups excluding carboxylic acids is 2. The number of hydrogen-bond acceptors (Lipinski definition) is 5. The molecule has 1 saturated carbocycles. The highest BCUT2D eigenvalue weighted by Crippen LogP contribution is 2.94. The first kappa shape index (κ1) is 34.1. The number of aliphatic imine (C=N–C) groups is 1. The lowest BCUT2D eigenvalue weighted by molar-refractivity contribution is -0.160. The zero-order chi connectivity index (χ0) is 51.5. The fourth-order valence-electron chi connectivity index (χ4n) is 27.1. The first-order valence-corrected chi connectivity index (χ1v) is 30.5. The van der Waals surface area contributed by atoms with Crippen LogP contribution in [-0.2, 0) is 29.9 Å². The molecule has 0 bridgehead atoms. The lowest BCUT2D eigenvalue weighted by Gasteiger charge is -2.31. The summed E-state index contributed by atoms with van der Waals surface area (Å²) >= 11 is 0. The molecule has 5 aliphatic carbocycles. The van der Waals surface area contributed by atoms with Gasteiger partial charge < -0.3 is 9.47 Å². The summed E-state index contributed by atoms with van der Waals surface area (Å²) in [5.41, 5.74) is 4.29. The van der Waals surface area contributed by atoms with Crippen LogP contribution < -0.4 is 0 Å². The molecule has 0 unspecified atom stereocenters. The Kier molecular flexibility index (Phi) is 3.36. The van der Waals surface area contributed by atoms with Crippen LogP contribution in [0.3, 0.4) is 0 Å². The molecule has 0 aliphatic heterocycles. The predicted octanol–water partition coefficient (Wildman–Crippen LogP) is 18.7. The van der Waals surface area contributed by atoms with Crippen LogP contribution in [0.15, 0.2) is 65.7 Å². The van der Waals surface area contributed by atoms with Crippen LogP contribution in [0.25, 0.3) is 291 Å². The molecule has 0 radical (unpaired) electrons. The van der Waals surface area contributed by atoms with Crippen molar-refractivity contribution in [2.75, 3.05) is 13.2 Å². The van der Waals surface area contributed by atoms with Crippen LogP contribution in [0.1, 0.15) is 40.3 Å². The molecule has 5 nitrogen and oxygen atoms in total. The predicted molar refractivity (Wildman–Crippen MR) is 343 cm³/mol. The summed E-state index contributed by atoms with van der Waals surface area (Å²) in [5.74, 6) is -0.957. The molecule has 0 amide bonds.